The van der Waals surface area contributed by atoms with Gasteiger partial charge < -0.3 is 0 Å². The Kier molecular flexibility index (Phi) is 43.2. The molecule has 0 aromatic rings. The van der Waals surface area contributed by atoms with Crippen LogP contribution in [0.1, 0.15) is 0 Å². The molecule has 0 rings (SSSR count). The zero-order valence-corrected chi connectivity index (χ0v) is 4.91. The molecule has 0 aliphatic rings. The summed E-state index contributed by atoms with van der Waals surface area (Å²) in [6.45, 7) is 0. The van der Waals surface area contributed by atoms with Gasteiger partial charge in [-0.05, 0) is 0 Å². The molecule has 0 saturated carbocycles. The second-order valence-corrected chi connectivity index (χ2v) is 0.307. The fourth-order valence-corrected chi connectivity index (χ4v) is 0. The van der Waals surface area contributed by atoms with Gasteiger partial charge in [0.25, 0.3) is 0 Å². The first-order valence-electron chi connectivity index (χ1n) is 0.548. The van der Waals surface area contributed by atoms with Crippen molar-refractivity contribution in [2.24, 2.45) is 0 Å². The molecular formula is O3V2. The molecule has 0 aromatic carbocycles. The Balaban J connectivity index is 0. The van der Waals surface area contributed by atoms with E-state index in [1.807, 2.05) is 0 Å². The average molecular weight is 150 g/mol. The molecule has 0 aromatic heterocycles. The van der Waals surface area contributed by atoms with Crippen LogP contribution in [0.3, 0.4) is 0 Å². The van der Waals surface area contributed by atoms with E-state index in [0.29, 0.717) is 0 Å². The van der Waals surface area contributed by atoms with Crippen LogP contribution in [0.2, 0.25) is 0 Å². The predicted molar refractivity (Wildman–Crippen MR) is 2.06 cm³/mol. The molecule has 0 spiro atoms. The molecule has 0 atom stereocenters. The van der Waals surface area contributed by atoms with Crippen molar-refractivity contribution in [1.82, 2.24) is 0 Å². The fraction of sp³-hybridized carbons (Fsp3) is 0. The Morgan fingerprint density at radius 1 is 1.20 bits per heavy atom. The van der Waals surface area contributed by atoms with Gasteiger partial charge in [0.15, 0.2) is 0 Å². The zero-order chi connectivity index (χ0) is 4.71. The van der Waals surface area contributed by atoms with E-state index >= 15 is 0 Å². The van der Waals surface area contributed by atoms with Crippen molar-refractivity contribution in [3.05, 3.63) is 0 Å². The van der Waals surface area contributed by atoms with Crippen LogP contribution in [0.15, 0.2) is 0 Å². The van der Waals surface area contributed by atoms with E-state index in [1.54, 1.807) is 0 Å². The van der Waals surface area contributed by atoms with Crippen LogP contribution < -0.4 is 0 Å². The molecule has 0 bridgehead atoms. The molecule has 0 aliphatic heterocycles. The molecule has 0 radical (unpaired) electrons. The molecule has 0 unspecified atom stereocenters. The van der Waals surface area contributed by atoms with Gasteiger partial charge in [-0.1, -0.05) is 0 Å². The third kappa shape index (κ3) is 93.2. The number of hydrogen-bond donors (Lipinski definition) is 0. The summed E-state index contributed by atoms with van der Waals surface area (Å²) in [6, 6.07) is 0. The van der Waals surface area contributed by atoms with E-state index in [1.165, 1.54) is 0 Å². The SMILES string of the molecule is [O]=[V].[O]=[V]=[O]. The Morgan fingerprint density at radius 3 is 1.20 bits per heavy atom. The van der Waals surface area contributed by atoms with E-state index < -0.39 is 16.2 Å². The first-order chi connectivity index (χ1) is 2.41. The van der Waals surface area contributed by atoms with E-state index in [4.69, 9.17) is 11.0 Å². The molecule has 5 heavy (non-hydrogen) atoms. The standard InChI is InChI=1S/3O.2V. The van der Waals surface area contributed by atoms with Crippen LogP contribution in [-0.2, 0) is 44.6 Å². The van der Waals surface area contributed by atoms with Crippen molar-refractivity contribution in [1.29, 1.82) is 0 Å². The van der Waals surface area contributed by atoms with Crippen LogP contribution in [0.4, 0.5) is 0 Å². The summed E-state index contributed by atoms with van der Waals surface area (Å²) in [7, 11) is 0. The van der Waals surface area contributed by atoms with E-state index in [-0.39, 0.29) is 0 Å². The topological polar surface area (TPSA) is 51.2 Å². The van der Waals surface area contributed by atoms with E-state index in [0.717, 1.165) is 17.4 Å². The van der Waals surface area contributed by atoms with Crippen molar-refractivity contribution >= 4 is 0 Å². The summed E-state index contributed by atoms with van der Waals surface area (Å²) >= 11 is -0.750. The minimum atomic E-state index is -1.81. The van der Waals surface area contributed by atoms with Crippen molar-refractivity contribution < 1.29 is 44.6 Å². The van der Waals surface area contributed by atoms with Crippen LogP contribution in [-0.4, -0.2) is 0 Å². The molecule has 5 heteroatoms. The molecule has 0 fully saturated rings. The summed E-state index contributed by atoms with van der Waals surface area (Å²) in [5.74, 6) is 0. The third-order valence-corrected chi connectivity index (χ3v) is 0. The molecule has 0 aliphatic carbocycles. The quantitative estimate of drug-likeness (QED) is 0.473. The van der Waals surface area contributed by atoms with Gasteiger partial charge in [-0.3, -0.25) is 0 Å². The van der Waals surface area contributed by atoms with Crippen LogP contribution >= 0.6 is 0 Å². The first-order valence-corrected chi connectivity index (χ1v) is 2.26. The van der Waals surface area contributed by atoms with Crippen molar-refractivity contribution in [2.45, 2.75) is 0 Å². The summed E-state index contributed by atoms with van der Waals surface area (Å²) < 4.78 is 25.1. The Labute approximate surface area is 44.9 Å². The monoisotopic (exact) mass is 150 g/mol. The van der Waals surface area contributed by atoms with Crippen LogP contribution in [0.5, 0.6) is 0 Å². The maximum atomic E-state index is 8.47. The molecular weight excluding hydrogens is 150 g/mol. The van der Waals surface area contributed by atoms with Gasteiger partial charge in [0, 0.05) is 0 Å². The zero-order valence-electron chi connectivity index (χ0n) is 2.12. The first kappa shape index (κ1) is 9.13. The Morgan fingerprint density at radius 2 is 1.20 bits per heavy atom. The fourth-order valence-electron chi connectivity index (χ4n) is 0. The molecule has 0 saturated heterocycles. The summed E-state index contributed by atoms with van der Waals surface area (Å²) in [6.07, 6.45) is 0. The van der Waals surface area contributed by atoms with Crippen LogP contribution in [0, 0.1) is 0 Å². The summed E-state index contributed by atoms with van der Waals surface area (Å²) in [4.78, 5) is 0. The number of rotatable bonds is 0. The van der Waals surface area contributed by atoms with Gasteiger partial charge in [-0.15, -0.1) is 0 Å². The summed E-state index contributed by atoms with van der Waals surface area (Å²) in [5.41, 5.74) is 0. The van der Waals surface area contributed by atoms with Gasteiger partial charge in [0.05, 0.1) is 0 Å². The Bertz CT molecular complexity index is 34.2. The van der Waals surface area contributed by atoms with Crippen LogP contribution in [0.25, 0.3) is 0 Å². The second kappa shape index (κ2) is 23.6. The molecule has 28 valence electrons. The summed E-state index contributed by atoms with van der Waals surface area (Å²) in [5, 5.41) is 0. The van der Waals surface area contributed by atoms with Gasteiger partial charge in [-0.25, -0.2) is 0 Å². The van der Waals surface area contributed by atoms with E-state index in [2.05, 4.69) is 0 Å². The predicted octanol–water partition coefficient (Wildman–Crippen LogP) is -0.361. The Hall–Kier alpha value is 0.569. The van der Waals surface area contributed by atoms with Gasteiger partial charge >= 0.3 is 44.6 Å². The maximum absolute atomic E-state index is 8.47. The molecule has 3 nitrogen and oxygen atoms in total. The van der Waals surface area contributed by atoms with Gasteiger partial charge in [0.1, 0.15) is 0 Å². The van der Waals surface area contributed by atoms with Crippen molar-refractivity contribution in [3.8, 4) is 0 Å². The molecule has 0 N–H and O–H groups in total. The van der Waals surface area contributed by atoms with Gasteiger partial charge in [0.2, 0.25) is 0 Å². The van der Waals surface area contributed by atoms with Crippen molar-refractivity contribution in [3.63, 3.8) is 0 Å². The normalized spacial score (nSPS) is 2.20. The number of hydrogen-bond acceptors (Lipinski definition) is 3. The third-order valence-electron chi connectivity index (χ3n) is 0. The second-order valence-electron chi connectivity index (χ2n) is 0.0745. The molecule has 0 heterocycles. The van der Waals surface area contributed by atoms with Crippen molar-refractivity contribution in [2.75, 3.05) is 0 Å². The average Bonchev–Trinajstić information content (AvgIpc) is 1.46. The van der Waals surface area contributed by atoms with E-state index in [9.17, 15) is 0 Å². The van der Waals surface area contributed by atoms with Gasteiger partial charge in [-0.2, -0.15) is 0 Å². The minimum absolute atomic E-state index is 1.06. The molecule has 0 amide bonds.